The van der Waals surface area contributed by atoms with Crippen molar-refractivity contribution in [3.8, 4) is 5.95 Å². The Bertz CT molecular complexity index is 932. The summed E-state index contributed by atoms with van der Waals surface area (Å²) in [5.41, 5.74) is 0.959. The molecule has 0 fully saturated rings. The van der Waals surface area contributed by atoms with Crippen LogP contribution in [0.25, 0.3) is 17.1 Å². The van der Waals surface area contributed by atoms with Crippen LogP contribution in [-0.2, 0) is 14.1 Å². The molecule has 3 rings (SSSR count). The number of nitrogens with zero attached hydrogens (tertiary/aromatic N) is 4. The molecule has 0 aromatic carbocycles. The van der Waals surface area contributed by atoms with Crippen LogP contribution in [0.3, 0.4) is 0 Å². The average Bonchev–Trinajstić information content (AvgIpc) is 2.88. The Morgan fingerprint density at radius 1 is 1.25 bits per heavy atom. The largest absolute Gasteiger partial charge is 0.403 e. The second-order valence-corrected chi connectivity index (χ2v) is 4.75. The number of nitrogens with one attached hydrogen (secondary N) is 1. The lowest BCUT2D eigenvalue weighted by atomic mass is 10.3. The van der Waals surface area contributed by atoms with Crippen LogP contribution in [0.2, 0.25) is 0 Å². The molecule has 3 aromatic heterocycles. The topological polar surface area (TPSA) is 76.6 Å². The Hall–Kier alpha value is -2.70. The lowest BCUT2D eigenvalue weighted by Crippen LogP contribution is -2.36. The van der Waals surface area contributed by atoms with E-state index >= 15 is 0 Å². The maximum Gasteiger partial charge on any atom is 0.403 e. The van der Waals surface area contributed by atoms with Gasteiger partial charge in [-0.1, -0.05) is 6.07 Å². The zero-order valence-corrected chi connectivity index (χ0v) is 11.4. The molecule has 3 heterocycles. The Balaban J connectivity index is 2.37. The predicted octanol–water partition coefficient (Wildman–Crippen LogP) is -0.455. The molecular formula is C13H14N5O2+. The number of aromatic amines is 1. The van der Waals surface area contributed by atoms with E-state index in [1.165, 1.54) is 11.6 Å². The molecule has 0 bridgehead atoms. The fraction of sp³-hybridized carbons (Fsp3) is 0.231. The summed E-state index contributed by atoms with van der Waals surface area (Å²) < 4.78 is 4.19. The maximum absolute atomic E-state index is 12.1. The van der Waals surface area contributed by atoms with Crippen molar-refractivity contribution in [2.75, 3.05) is 0 Å². The Kier molecular flexibility index (Phi) is 2.56. The first-order valence-electron chi connectivity index (χ1n) is 6.13. The van der Waals surface area contributed by atoms with Gasteiger partial charge in [-0.2, -0.15) is 0 Å². The number of pyridine rings is 1. The van der Waals surface area contributed by atoms with Crippen molar-refractivity contribution in [1.29, 1.82) is 0 Å². The van der Waals surface area contributed by atoms with Crippen molar-refractivity contribution in [1.82, 2.24) is 19.1 Å². The quantitative estimate of drug-likeness (QED) is 0.609. The average molecular weight is 272 g/mol. The highest BCUT2D eigenvalue weighted by atomic mass is 16.2. The van der Waals surface area contributed by atoms with Crippen molar-refractivity contribution in [3.63, 3.8) is 0 Å². The molecule has 7 nitrogen and oxygen atoms in total. The van der Waals surface area contributed by atoms with Crippen LogP contribution in [0, 0.1) is 6.92 Å². The predicted molar refractivity (Wildman–Crippen MR) is 72.8 cm³/mol. The van der Waals surface area contributed by atoms with Gasteiger partial charge in [-0.05, 0) is 23.5 Å². The molecule has 0 saturated carbocycles. The van der Waals surface area contributed by atoms with Gasteiger partial charge in [0.05, 0.1) is 12.4 Å². The van der Waals surface area contributed by atoms with E-state index in [0.29, 0.717) is 17.1 Å². The highest BCUT2D eigenvalue weighted by Gasteiger charge is 2.21. The molecule has 0 unspecified atom stereocenters. The highest BCUT2D eigenvalue weighted by Crippen LogP contribution is 2.04. The summed E-state index contributed by atoms with van der Waals surface area (Å²) in [7, 11) is 3.04. The second-order valence-electron chi connectivity index (χ2n) is 4.75. The lowest BCUT2D eigenvalue weighted by molar-refractivity contribution is -0.603. The number of hydrogen-bond acceptors (Lipinski definition) is 3. The van der Waals surface area contributed by atoms with Crippen LogP contribution in [0.5, 0.6) is 0 Å². The summed E-state index contributed by atoms with van der Waals surface area (Å²) in [4.78, 5) is 31.3. The molecule has 3 aromatic rings. The molecule has 0 aliphatic heterocycles. The molecule has 0 amide bonds. The minimum absolute atomic E-state index is 0.318. The fourth-order valence-corrected chi connectivity index (χ4v) is 2.16. The van der Waals surface area contributed by atoms with E-state index in [2.05, 4.69) is 9.97 Å². The van der Waals surface area contributed by atoms with Crippen molar-refractivity contribution >= 4 is 11.2 Å². The lowest BCUT2D eigenvalue weighted by Gasteiger charge is -1.98. The third kappa shape index (κ3) is 1.67. The van der Waals surface area contributed by atoms with Gasteiger partial charge in [0.25, 0.3) is 11.2 Å². The molecule has 0 saturated heterocycles. The minimum Gasteiger partial charge on any atom is -0.265 e. The summed E-state index contributed by atoms with van der Waals surface area (Å²) in [6.45, 7) is 1.97. The maximum atomic E-state index is 12.1. The SMILES string of the molecule is Cc1ccc[n+](-c2nc3c([nH]2)c(=O)n(C)c(=O)n3C)c1. The van der Waals surface area contributed by atoms with Crippen molar-refractivity contribution in [3.05, 3.63) is 50.9 Å². The molecule has 0 radical (unpaired) electrons. The first-order valence-corrected chi connectivity index (χ1v) is 6.13. The van der Waals surface area contributed by atoms with Gasteiger partial charge >= 0.3 is 11.6 Å². The number of aromatic nitrogens is 5. The number of hydrogen-bond donors (Lipinski definition) is 1. The van der Waals surface area contributed by atoms with E-state index in [0.717, 1.165) is 10.1 Å². The molecule has 20 heavy (non-hydrogen) atoms. The van der Waals surface area contributed by atoms with E-state index in [-0.39, 0.29) is 5.56 Å². The van der Waals surface area contributed by atoms with Crippen molar-refractivity contribution in [2.45, 2.75) is 6.92 Å². The van der Waals surface area contributed by atoms with Crippen LogP contribution >= 0.6 is 0 Å². The summed E-state index contributed by atoms with van der Waals surface area (Å²) >= 11 is 0. The van der Waals surface area contributed by atoms with E-state index in [1.807, 2.05) is 31.5 Å². The van der Waals surface area contributed by atoms with Gasteiger partial charge in [0.2, 0.25) is 5.52 Å². The third-order valence-corrected chi connectivity index (χ3v) is 3.28. The molecule has 7 heteroatoms. The molecule has 0 aliphatic rings. The van der Waals surface area contributed by atoms with Gasteiger partial charge < -0.3 is 0 Å². The van der Waals surface area contributed by atoms with E-state index in [1.54, 1.807) is 11.6 Å². The minimum atomic E-state index is -0.394. The molecular weight excluding hydrogens is 258 g/mol. The Labute approximate surface area is 113 Å². The Morgan fingerprint density at radius 2 is 2.00 bits per heavy atom. The highest BCUT2D eigenvalue weighted by molar-refractivity contribution is 5.70. The van der Waals surface area contributed by atoms with Crippen LogP contribution in [0.4, 0.5) is 0 Å². The van der Waals surface area contributed by atoms with Crippen molar-refractivity contribution < 1.29 is 4.57 Å². The van der Waals surface area contributed by atoms with E-state index in [4.69, 9.17) is 0 Å². The first-order chi connectivity index (χ1) is 9.49. The van der Waals surface area contributed by atoms with Gasteiger partial charge in [0.1, 0.15) is 0 Å². The van der Waals surface area contributed by atoms with Gasteiger partial charge in [0.15, 0.2) is 0 Å². The summed E-state index contributed by atoms with van der Waals surface area (Å²) in [6.07, 6.45) is 3.72. The Morgan fingerprint density at radius 3 is 2.70 bits per heavy atom. The number of H-pyrrole nitrogens is 1. The van der Waals surface area contributed by atoms with Crippen LogP contribution in [0.15, 0.2) is 34.1 Å². The standard InChI is InChI=1S/C13H13N5O2/c1-8-5-4-6-18(7-8)12-14-9-10(15-12)16(2)13(20)17(3)11(9)19/h4-7H,1-3H3/p+1. The molecule has 1 N–H and O–H groups in total. The number of fused-ring (bicyclic) bond motifs is 1. The normalized spacial score (nSPS) is 11.2. The number of aryl methyl sites for hydroxylation is 2. The van der Waals surface area contributed by atoms with Gasteiger partial charge in [-0.15, -0.1) is 0 Å². The molecule has 0 aliphatic carbocycles. The molecule has 102 valence electrons. The van der Waals surface area contributed by atoms with Gasteiger partial charge in [0, 0.05) is 14.1 Å². The summed E-state index contributed by atoms with van der Waals surface area (Å²) in [5, 5.41) is 0. The first kappa shape index (κ1) is 12.3. The zero-order chi connectivity index (χ0) is 14.4. The van der Waals surface area contributed by atoms with Gasteiger partial charge in [-0.25, -0.2) is 14.3 Å². The monoisotopic (exact) mass is 272 g/mol. The number of rotatable bonds is 1. The van der Waals surface area contributed by atoms with Crippen molar-refractivity contribution in [2.24, 2.45) is 14.1 Å². The summed E-state index contributed by atoms with van der Waals surface area (Å²) in [6, 6.07) is 3.85. The van der Waals surface area contributed by atoms with Gasteiger partial charge in [-0.3, -0.25) is 13.9 Å². The smallest absolute Gasteiger partial charge is 0.265 e. The van der Waals surface area contributed by atoms with E-state index in [9.17, 15) is 9.59 Å². The molecule has 0 atom stereocenters. The van der Waals surface area contributed by atoms with Crippen LogP contribution < -0.4 is 15.8 Å². The van der Waals surface area contributed by atoms with Crippen LogP contribution in [-0.4, -0.2) is 19.1 Å². The second kappa shape index (κ2) is 4.16. The molecule has 0 spiro atoms. The zero-order valence-electron chi connectivity index (χ0n) is 11.4. The summed E-state index contributed by atoms with van der Waals surface area (Å²) in [5.74, 6) is 0.502. The number of imidazole rings is 1. The van der Waals surface area contributed by atoms with E-state index < -0.39 is 5.69 Å². The third-order valence-electron chi connectivity index (χ3n) is 3.28. The van der Waals surface area contributed by atoms with Crippen LogP contribution in [0.1, 0.15) is 5.56 Å². The fourth-order valence-electron chi connectivity index (χ4n) is 2.16.